The number of anilines is 2. The van der Waals surface area contributed by atoms with Crippen LogP contribution < -0.4 is 15.0 Å². The van der Waals surface area contributed by atoms with Crippen molar-refractivity contribution in [1.82, 2.24) is 15.3 Å². The maximum atomic E-state index is 13.2. The Kier molecular flexibility index (Phi) is 7.28. The molecule has 0 unspecified atom stereocenters. The van der Waals surface area contributed by atoms with Crippen LogP contribution >= 0.6 is 11.3 Å². The van der Waals surface area contributed by atoms with Crippen LogP contribution in [-0.2, 0) is 16.8 Å². The van der Waals surface area contributed by atoms with Crippen molar-refractivity contribution in [2.24, 2.45) is 0 Å². The van der Waals surface area contributed by atoms with Gasteiger partial charge in [0.1, 0.15) is 11.8 Å². The van der Waals surface area contributed by atoms with Gasteiger partial charge in [0.15, 0.2) is 5.13 Å². The molecule has 0 aliphatic carbocycles. The van der Waals surface area contributed by atoms with Gasteiger partial charge in [0.25, 0.3) is 0 Å². The average Bonchev–Trinajstić information content (AvgIpc) is 3.27. The quantitative estimate of drug-likeness (QED) is 0.531. The van der Waals surface area contributed by atoms with Crippen molar-refractivity contribution in [3.8, 4) is 5.75 Å². The van der Waals surface area contributed by atoms with E-state index < -0.39 is 6.04 Å². The molecule has 1 N–H and O–H groups in total. The average molecular weight is 439 g/mol. The Hall–Kier alpha value is -2.93. The molecule has 0 saturated heterocycles. The molecular weight excluding hydrogens is 408 g/mol. The zero-order valence-electron chi connectivity index (χ0n) is 18.8. The number of hydrogen-bond donors (Lipinski definition) is 1. The molecule has 1 aromatic carbocycles. The SMILES string of the molecule is CC[C@@H](C(=O)NCc1ccncc1)N(c1ccc(OC)cc1)c1nc(C(C)(C)C)cs1. The highest BCUT2D eigenvalue weighted by Gasteiger charge is 2.29. The van der Waals surface area contributed by atoms with E-state index in [1.54, 1.807) is 30.8 Å². The molecule has 31 heavy (non-hydrogen) atoms. The number of nitrogens with zero attached hydrogens (tertiary/aromatic N) is 3. The van der Waals surface area contributed by atoms with Crippen LogP contribution in [0.5, 0.6) is 5.75 Å². The molecule has 1 atom stereocenters. The van der Waals surface area contributed by atoms with Gasteiger partial charge in [0.2, 0.25) is 5.91 Å². The van der Waals surface area contributed by atoms with Gasteiger partial charge in [-0.05, 0) is 48.4 Å². The summed E-state index contributed by atoms with van der Waals surface area (Å²) in [6.45, 7) is 8.90. The molecule has 2 aromatic heterocycles. The Morgan fingerprint density at radius 1 is 1.16 bits per heavy atom. The first-order chi connectivity index (χ1) is 14.8. The van der Waals surface area contributed by atoms with Crippen LogP contribution in [0.3, 0.4) is 0 Å². The number of thiazole rings is 1. The highest BCUT2D eigenvalue weighted by molar-refractivity contribution is 7.13. The number of carbonyl (C=O) groups excluding carboxylic acids is 1. The van der Waals surface area contributed by atoms with E-state index in [0.717, 1.165) is 27.8 Å². The van der Waals surface area contributed by atoms with Gasteiger partial charge in [0, 0.05) is 35.4 Å². The Morgan fingerprint density at radius 2 is 1.84 bits per heavy atom. The number of hydrogen-bond acceptors (Lipinski definition) is 6. The Labute approximate surface area is 188 Å². The third kappa shape index (κ3) is 5.61. The van der Waals surface area contributed by atoms with Crippen LogP contribution in [0, 0.1) is 0 Å². The number of methoxy groups -OCH3 is 1. The summed E-state index contributed by atoms with van der Waals surface area (Å²) in [6, 6.07) is 11.2. The summed E-state index contributed by atoms with van der Waals surface area (Å²) in [4.78, 5) is 24.2. The van der Waals surface area contributed by atoms with Crippen molar-refractivity contribution >= 4 is 28.1 Å². The summed E-state index contributed by atoms with van der Waals surface area (Å²) in [5, 5.41) is 5.96. The second-order valence-corrected chi connectivity index (χ2v) is 9.17. The van der Waals surface area contributed by atoms with Gasteiger partial charge in [-0.2, -0.15) is 0 Å². The molecule has 3 aromatic rings. The van der Waals surface area contributed by atoms with Crippen LogP contribution in [-0.4, -0.2) is 29.0 Å². The molecule has 0 bridgehead atoms. The van der Waals surface area contributed by atoms with E-state index >= 15 is 0 Å². The fraction of sp³-hybridized carbons (Fsp3) is 0.375. The van der Waals surface area contributed by atoms with Crippen molar-refractivity contribution in [3.63, 3.8) is 0 Å². The van der Waals surface area contributed by atoms with Crippen molar-refractivity contribution in [1.29, 1.82) is 0 Å². The van der Waals surface area contributed by atoms with Crippen LogP contribution in [0.1, 0.15) is 45.4 Å². The van der Waals surface area contributed by atoms with Gasteiger partial charge in [-0.15, -0.1) is 11.3 Å². The van der Waals surface area contributed by atoms with Crippen LogP contribution in [0.4, 0.5) is 10.8 Å². The zero-order valence-corrected chi connectivity index (χ0v) is 19.6. The van der Waals surface area contributed by atoms with Crippen molar-refractivity contribution in [2.45, 2.75) is 52.1 Å². The summed E-state index contributed by atoms with van der Waals surface area (Å²) >= 11 is 1.56. The fourth-order valence-corrected chi connectivity index (χ4v) is 4.30. The van der Waals surface area contributed by atoms with Crippen LogP contribution in [0.2, 0.25) is 0 Å². The lowest BCUT2D eigenvalue weighted by molar-refractivity contribution is -0.122. The van der Waals surface area contributed by atoms with Crippen molar-refractivity contribution in [3.05, 3.63) is 65.4 Å². The molecule has 1 amide bonds. The number of carbonyl (C=O) groups is 1. The van der Waals surface area contributed by atoms with E-state index in [4.69, 9.17) is 9.72 Å². The Morgan fingerprint density at radius 3 is 2.39 bits per heavy atom. The minimum atomic E-state index is -0.394. The Bertz CT molecular complexity index is 981. The van der Waals surface area contributed by atoms with E-state index in [0.29, 0.717) is 13.0 Å². The highest BCUT2D eigenvalue weighted by atomic mass is 32.1. The fourth-order valence-electron chi connectivity index (χ4n) is 3.18. The van der Waals surface area contributed by atoms with Gasteiger partial charge in [-0.1, -0.05) is 27.7 Å². The van der Waals surface area contributed by atoms with Gasteiger partial charge < -0.3 is 15.0 Å². The highest BCUT2D eigenvalue weighted by Crippen LogP contribution is 2.35. The zero-order chi connectivity index (χ0) is 22.4. The molecule has 6 nitrogen and oxygen atoms in total. The predicted molar refractivity (Wildman–Crippen MR) is 126 cm³/mol. The molecule has 0 radical (unpaired) electrons. The molecule has 3 rings (SSSR count). The largest absolute Gasteiger partial charge is 0.497 e. The molecule has 164 valence electrons. The summed E-state index contributed by atoms with van der Waals surface area (Å²) < 4.78 is 5.31. The minimum Gasteiger partial charge on any atom is -0.497 e. The van der Waals surface area contributed by atoms with E-state index in [-0.39, 0.29) is 11.3 Å². The monoisotopic (exact) mass is 438 g/mol. The second-order valence-electron chi connectivity index (χ2n) is 8.33. The van der Waals surface area contributed by atoms with Crippen LogP contribution in [0.25, 0.3) is 0 Å². The second kappa shape index (κ2) is 9.92. The molecule has 0 aliphatic rings. The molecule has 2 heterocycles. The number of pyridine rings is 1. The standard InChI is InChI=1S/C24H30N4O2S/c1-6-20(22(29)26-15-17-11-13-25-14-12-17)28(18-7-9-19(30-5)10-8-18)23-27-21(16-31-23)24(2,3)4/h7-14,16,20H,6,15H2,1-5H3,(H,26,29)/t20-/m0/s1. The number of benzene rings is 1. The lowest BCUT2D eigenvalue weighted by Gasteiger charge is -2.30. The van der Waals surface area contributed by atoms with E-state index in [9.17, 15) is 4.79 Å². The van der Waals surface area contributed by atoms with Crippen molar-refractivity contribution in [2.75, 3.05) is 12.0 Å². The molecule has 0 fully saturated rings. The first-order valence-corrected chi connectivity index (χ1v) is 11.3. The van der Waals surface area contributed by atoms with Gasteiger partial charge >= 0.3 is 0 Å². The number of ether oxygens (including phenoxy) is 1. The number of rotatable bonds is 8. The topological polar surface area (TPSA) is 67.4 Å². The summed E-state index contributed by atoms with van der Waals surface area (Å²) in [6.07, 6.45) is 4.09. The van der Waals surface area contributed by atoms with Gasteiger partial charge in [-0.3, -0.25) is 9.78 Å². The van der Waals surface area contributed by atoms with Gasteiger partial charge in [0.05, 0.1) is 12.8 Å². The molecule has 0 saturated carbocycles. The minimum absolute atomic E-state index is 0.0392. The first kappa shape index (κ1) is 22.7. The molecular formula is C24H30N4O2S. The third-order valence-corrected chi connectivity index (χ3v) is 5.87. The van der Waals surface area contributed by atoms with Crippen molar-refractivity contribution < 1.29 is 9.53 Å². The van der Waals surface area contributed by atoms with Gasteiger partial charge in [-0.25, -0.2) is 4.98 Å². The van der Waals surface area contributed by atoms with E-state index in [1.165, 1.54) is 0 Å². The number of aromatic nitrogens is 2. The maximum absolute atomic E-state index is 13.2. The normalized spacial score (nSPS) is 12.3. The smallest absolute Gasteiger partial charge is 0.243 e. The molecule has 7 heteroatoms. The predicted octanol–water partition coefficient (Wildman–Crippen LogP) is 5.08. The summed E-state index contributed by atoms with van der Waals surface area (Å²) in [7, 11) is 1.64. The lowest BCUT2D eigenvalue weighted by atomic mass is 9.93. The van der Waals surface area contributed by atoms with E-state index in [2.05, 4.69) is 36.5 Å². The molecule has 0 spiro atoms. The first-order valence-electron chi connectivity index (χ1n) is 10.4. The molecule has 0 aliphatic heterocycles. The maximum Gasteiger partial charge on any atom is 0.243 e. The summed E-state index contributed by atoms with van der Waals surface area (Å²) in [5.41, 5.74) is 2.86. The van der Waals surface area contributed by atoms with E-state index in [1.807, 2.05) is 48.2 Å². The number of nitrogens with one attached hydrogen (secondary N) is 1. The Balaban J connectivity index is 1.92. The van der Waals surface area contributed by atoms with Crippen LogP contribution in [0.15, 0.2) is 54.2 Å². The number of amides is 1. The lowest BCUT2D eigenvalue weighted by Crippen LogP contribution is -2.44. The third-order valence-electron chi connectivity index (χ3n) is 5.03. The summed E-state index contributed by atoms with van der Waals surface area (Å²) in [5.74, 6) is 0.732.